The molecule has 1 aliphatic heterocycles. The van der Waals surface area contributed by atoms with E-state index in [0.717, 1.165) is 6.61 Å². The van der Waals surface area contributed by atoms with E-state index in [0.29, 0.717) is 26.3 Å². The summed E-state index contributed by atoms with van der Waals surface area (Å²) in [5.41, 5.74) is 0. The van der Waals surface area contributed by atoms with Gasteiger partial charge in [0.2, 0.25) is 0 Å². The third-order valence-electron chi connectivity index (χ3n) is 1.12. The quantitative estimate of drug-likeness (QED) is 0.290. The lowest BCUT2D eigenvalue weighted by molar-refractivity contribution is -0.130. The van der Waals surface area contributed by atoms with E-state index < -0.39 is 0 Å². The van der Waals surface area contributed by atoms with E-state index >= 15 is 0 Å². The van der Waals surface area contributed by atoms with Gasteiger partial charge in [-0.15, -0.1) is 0 Å². The maximum atomic E-state index is 9.61. The van der Waals surface area contributed by atoms with Crippen molar-refractivity contribution in [1.29, 1.82) is 0 Å². The number of hydrogen-bond donors (Lipinski definition) is 0. The maximum Gasteiger partial charge on any atom is 0.293 e. The summed E-state index contributed by atoms with van der Waals surface area (Å²) in [7, 11) is 0. The molecular weight excluding hydrogens is 136 g/mol. The Labute approximate surface area is 59.1 Å². The van der Waals surface area contributed by atoms with Crippen LogP contribution in [0.15, 0.2) is 0 Å². The van der Waals surface area contributed by atoms with E-state index in [1.54, 1.807) is 0 Å². The Morgan fingerprint density at radius 1 is 1.60 bits per heavy atom. The van der Waals surface area contributed by atoms with Gasteiger partial charge in [-0.2, -0.15) is 0 Å². The van der Waals surface area contributed by atoms with Crippen LogP contribution >= 0.6 is 0 Å². The van der Waals surface area contributed by atoms with E-state index in [9.17, 15) is 4.79 Å². The van der Waals surface area contributed by atoms with Crippen LogP contribution in [0.5, 0.6) is 0 Å². The molecule has 4 heteroatoms. The lowest BCUT2D eigenvalue weighted by atomic mass is 10.5. The van der Waals surface area contributed by atoms with E-state index in [1.165, 1.54) is 0 Å². The largest absolute Gasteiger partial charge is 0.465 e. The topological polar surface area (TPSA) is 48.1 Å². The van der Waals surface area contributed by atoms with E-state index in [4.69, 9.17) is 9.47 Å². The zero-order chi connectivity index (χ0) is 7.23. The van der Waals surface area contributed by atoms with Crippen molar-refractivity contribution in [2.45, 2.75) is 6.10 Å². The molecule has 0 aromatic rings. The molecule has 0 aliphatic carbocycles. The third kappa shape index (κ3) is 3.42. The second-order valence-corrected chi connectivity index (χ2v) is 2.00. The molecule has 0 N–H and O–H groups in total. The van der Waals surface area contributed by atoms with Gasteiger partial charge in [0.15, 0.2) is 0 Å². The van der Waals surface area contributed by atoms with Crippen molar-refractivity contribution < 1.29 is 19.0 Å². The molecule has 4 nitrogen and oxygen atoms in total. The number of hydrogen-bond acceptors (Lipinski definition) is 4. The highest BCUT2D eigenvalue weighted by Crippen LogP contribution is 2.07. The molecule has 0 spiro atoms. The molecule has 58 valence electrons. The summed E-state index contributed by atoms with van der Waals surface area (Å²) >= 11 is 0. The molecule has 0 amide bonds. The summed E-state index contributed by atoms with van der Waals surface area (Å²) in [6.45, 7) is 2.61. The van der Waals surface area contributed by atoms with E-state index in [1.807, 2.05) is 0 Å². The Bertz CT molecular complexity index is 99.9. The fourth-order valence-electron chi connectivity index (χ4n) is 0.534. The van der Waals surface area contributed by atoms with Gasteiger partial charge in [0, 0.05) is 0 Å². The van der Waals surface area contributed by atoms with Crippen molar-refractivity contribution in [3.63, 3.8) is 0 Å². The van der Waals surface area contributed by atoms with Crippen molar-refractivity contribution in [2.75, 3.05) is 26.4 Å². The molecule has 1 saturated heterocycles. The van der Waals surface area contributed by atoms with Gasteiger partial charge >= 0.3 is 0 Å². The summed E-state index contributed by atoms with van der Waals surface area (Å²) in [5.74, 6) is 0. The van der Waals surface area contributed by atoms with Crippen LogP contribution in [-0.4, -0.2) is 39.0 Å². The van der Waals surface area contributed by atoms with Crippen molar-refractivity contribution in [3.05, 3.63) is 0 Å². The SMILES string of the molecule is O=COCCOCC1CO1. The molecule has 1 aliphatic rings. The van der Waals surface area contributed by atoms with Gasteiger partial charge in [-0.1, -0.05) is 0 Å². The first kappa shape index (κ1) is 7.50. The summed E-state index contributed by atoms with van der Waals surface area (Å²) in [6.07, 6.45) is 0.288. The normalized spacial score (nSPS) is 22.2. The molecule has 0 saturated carbocycles. The fourth-order valence-corrected chi connectivity index (χ4v) is 0.534. The first-order chi connectivity index (χ1) is 4.93. The third-order valence-corrected chi connectivity index (χ3v) is 1.12. The van der Waals surface area contributed by atoms with Crippen molar-refractivity contribution >= 4 is 6.47 Å². The highest BCUT2D eigenvalue weighted by molar-refractivity contribution is 5.36. The zero-order valence-electron chi connectivity index (χ0n) is 5.62. The predicted molar refractivity (Wildman–Crippen MR) is 32.6 cm³/mol. The van der Waals surface area contributed by atoms with Crippen LogP contribution in [0.1, 0.15) is 0 Å². The molecule has 0 aromatic carbocycles. The van der Waals surface area contributed by atoms with E-state index in [-0.39, 0.29) is 6.10 Å². The van der Waals surface area contributed by atoms with Crippen LogP contribution in [0.2, 0.25) is 0 Å². The minimum atomic E-state index is 0.288. The number of carbonyl (C=O) groups is 1. The lowest BCUT2D eigenvalue weighted by Crippen LogP contribution is -2.07. The summed E-state index contributed by atoms with van der Waals surface area (Å²) in [5, 5.41) is 0. The molecule has 1 atom stereocenters. The summed E-state index contributed by atoms with van der Waals surface area (Å²) < 4.78 is 14.3. The zero-order valence-corrected chi connectivity index (χ0v) is 5.62. The second kappa shape index (κ2) is 4.24. The average Bonchev–Trinajstić information content (AvgIpc) is 2.71. The molecule has 1 rings (SSSR count). The van der Waals surface area contributed by atoms with Gasteiger partial charge in [-0.05, 0) is 0 Å². The standard InChI is InChI=1S/C6H10O4/c7-5-9-2-1-8-3-6-4-10-6/h5-6H,1-4H2. The maximum absolute atomic E-state index is 9.61. The molecule has 1 fully saturated rings. The molecule has 0 bridgehead atoms. The van der Waals surface area contributed by atoms with Gasteiger partial charge in [0.05, 0.1) is 19.8 Å². The van der Waals surface area contributed by atoms with Gasteiger partial charge in [-0.25, -0.2) is 0 Å². The minimum absolute atomic E-state index is 0.288. The van der Waals surface area contributed by atoms with E-state index in [2.05, 4.69) is 4.74 Å². The summed E-state index contributed by atoms with van der Waals surface area (Å²) in [6, 6.07) is 0. The average molecular weight is 146 g/mol. The van der Waals surface area contributed by atoms with Crippen LogP contribution in [0.25, 0.3) is 0 Å². The highest BCUT2D eigenvalue weighted by atomic mass is 16.6. The van der Waals surface area contributed by atoms with Gasteiger partial charge in [0.25, 0.3) is 6.47 Å². The highest BCUT2D eigenvalue weighted by Gasteiger charge is 2.21. The first-order valence-corrected chi connectivity index (χ1v) is 3.18. The van der Waals surface area contributed by atoms with Crippen LogP contribution in [0.4, 0.5) is 0 Å². The van der Waals surface area contributed by atoms with Crippen LogP contribution in [0, 0.1) is 0 Å². The Balaban J connectivity index is 1.72. The Morgan fingerprint density at radius 2 is 2.40 bits per heavy atom. The van der Waals surface area contributed by atoms with Crippen molar-refractivity contribution in [1.82, 2.24) is 0 Å². The number of ether oxygens (including phenoxy) is 3. The van der Waals surface area contributed by atoms with Crippen LogP contribution in [-0.2, 0) is 19.0 Å². The molecule has 1 unspecified atom stereocenters. The molecular formula is C6H10O4. The molecule has 10 heavy (non-hydrogen) atoms. The predicted octanol–water partition coefficient (Wildman–Crippen LogP) is -0.425. The van der Waals surface area contributed by atoms with Crippen molar-refractivity contribution in [3.8, 4) is 0 Å². The number of rotatable bonds is 6. The van der Waals surface area contributed by atoms with Gasteiger partial charge < -0.3 is 14.2 Å². The fraction of sp³-hybridized carbons (Fsp3) is 0.833. The van der Waals surface area contributed by atoms with Crippen LogP contribution < -0.4 is 0 Å². The Morgan fingerprint density at radius 3 is 3.00 bits per heavy atom. The second-order valence-electron chi connectivity index (χ2n) is 2.00. The first-order valence-electron chi connectivity index (χ1n) is 3.18. The Hall–Kier alpha value is -0.610. The van der Waals surface area contributed by atoms with Crippen LogP contribution in [0.3, 0.4) is 0 Å². The number of carbonyl (C=O) groups excluding carboxylic acids is 1. The number of epoxide rings is 1. The minimum Gasteiger partial charge on any atom is -0.465 e. The van der Waals surface area contributed by atoms with Crippen molar-refractivity contribution in [2.24, 2.45) is 0 Å². The lowest BCUT2D eigenvalue weighted by Gasteiger charge is -1.98. The summed E-state index contributed by atoms with van der Waals surface area (Å²) in [4.78, 5) is 9.61. The molecule has 0 aromatic heterocycles. The smallest absolute Gasteiger partial charge is 0.293 e. The van der Waals surface area contributed by atoms with Gasteiger partial charge in [-0.3, -0.25) is 4.79 Å². The Kier molecular flexibility index (Phi) is 3.18. The van der Waals surface area contributed by atoms with Gasteiger partial charge in [0.1, 0.15) is 12.7 Å². The molecule has 0 radical (unpaired) electrons. The molecule has 1 heterocycles. The monoisotopic (exact) mass is 146 g/mol.